The summed E-state index contributed by atoms with van der Waals surface area (Å²) in [7, 11) is 0. The summed E-state index contributed by atoms with van der Waals surface area (Å²) in [5.41, 5.74) is 3.98. The van der Waals surface area contributed by atoms with E-state index in [9.17, 15) is 9.59 Å². The average molecular weight is 503 g/mol. The van der Waals surface area contributed by atoms with E-state index >= 15 is 0 Å². The van der Waals surface area contributed by atoms with Gasteiger partial charge in [-0.25, -0.2) is 14.6 Å². The molecule has 3 heterocycles. The van der Waals surface area contributed by atoms with Crippen molar-refractivity contribution < 1.29 is 18.7 Å². The number of carbonyl (C=O) groups is 2. The number of esters is 1. The first-order valence-electron chi connectivity index (χ1n) is 11.8. The molecule has 9 heteroatoms. The lowest BCUT2D eigenvalue weighted by Crippen LogP contribution is -2.46. The molecule has 1 atom stereocenters. The molecule has 5 rings (SSSR count). The van der Waals surface area contributed by atoms with E-state index in [2.05, 4.69) is 33.4 Å². The maximum absolute atomic E-state index is 13.0. The van der Waals surface area contributed by atoms with Gasteiger partial charge in [0.25, 0.3) is 0 Å². The number of thioether (sulfide) groups is 1. The quantitative estimate of drug-likeness (QED) is 0.251. The number of hydrogen-bond acceptors (Lipinski definition) is 6. The van der Waals surface area contributed by atoms with Crippen LogP contribution >= 0.6 is 11.8 Å². The molecule has 4 aromatic rings. The molecule has 2 N–H and O–H groups in total. The van der Waals surface area contributed by atoms with Crippen LogP contribution in [0, 0.1) is 0 Å². The number of nitrogens with zero attached hydrogens (tertiary/aromatic N) is 2. The summed E-state index contributed by atoms with van der Waals surface area (Å²) in [6.45, 7) is 2.72. The lowest BCUT2D eigenvalue weighted by molar-refractivity contribution is -0.139. The number of fused-ring (bicyclic) bond motifs is 1. The number of para-hydroxylation sites is 2. The number of rotatable bonds is 9. The molecule has 0 saturated carbocycles. The summed E-state index contributed by atoms with van der Waals surface area (Å²) in [5, 5.41) is 6.39. The fourth-order valence-corrected chi connectivity index (χ4v) is 5.26. The maximum atomic E-state index is 13.0. The van der Waals surface area contributed by atoms with Gasteiger partial charge < -0.3 is 24.4 Å². The fourth-order valence-electron chi connectivity index (χ4n) is 4.25. The lowest BCUT2D eigenvalue weighted by Gasteiger charge is -2.27. The minimum Gasteiger partial charge on any atom is -0.467 e. The molecule has 0 fully saturated rings. The summed E-state index contributed by atoms with van der Waals surface area (Å²) < 4.78 is 13.0. The third kappa shape index (κ3) is 5.01. The van der Waals surface area contributed by atoms with E-state index in [1.54, 1.807) is 19.1 Å². The van der Waals surface area contributed by atoms with Crippen molar-refractivity contribution in [3.63, 3.8) is 0 Å². The lowest BCUT2D eigenvalue weighted by atomic mass is 10.0. The van der Waals surface area contributed by atoms with Crippen molar-refractivity contribution in [2.24, 2.45) is 0 Å². The highest BCUT2D eigenvalue weighted by Crippen LogP contribution is 2.32. The molecule has 2 aromatic heterocycles. The van der Waals surface area contributed by atoms with Gasteiger partial charge in [0, 0.05) is 18.0 Å². The number of amides is 2. The van der Waals surface area contributed by atoms with Gasteiger partial charge in [0.1, 0.15) is 11.8 Å². The van der Waals surface area contributed by atoms with E-state index < -0.39 is 18.0 Å². The fraction of sp³-hybridized carbons (Fsp3) is 0.222. The molecule has 0 unspecified atom stereocenters. The Morgan fingerprint density at radius 1 is 1.11 bits per heavy atom. The Morgan fingerprint density at radius 3 is 2.69 bits per heavy atom. The zero-order chi connectivity index (χ0) is 24.9. The second kappa shape index (κ2) is 10.7. The van der Waals surface area contributed by atoms with E-state index in [0.717, 1.165) is 29.2 Å². The summed E-state index contributed by atoms with van der Waals surface area (Å²) in [6.07, 6.45) is 2.36. The van der Waals surface area contributed by atoms with Crippen LogP contribution in [0.15, 0.2) is 93.8 Å². The van der Waals surface area contributed by atoms with Crippen molar-refractivity contribution in [3.05, 3.63) is 95.6 Å². The largest absolute Gasteiger partial charge is 0.467 e. The molecule has 36 heavy (non-hydrogen) atoms. The van der Waals surface area contributed by atoms with Crippen LogP contribution in [0.4, 0.5) is 4.79 Å². The van der Waals surface area contributed by atoms with Gasteiger partial charge in [-0.2, -0.15) is 0 Å². The van der Waals surface area contributed by atoms with Crippen molar-refractivity contribution in [2.75, 3.05) is 12.4 Å². The maximum Gasteiger partial charge on any atom is 0.338 e. The molecule has 0 aliphatic carbocycles. The summed E-state index contributed by atoms with van der Waals surface area (Å²) in [6, 6.07) is 20.6. The van der Waals surface area contributed by atoms with Crippen LogP contribution in [0.2, 0.25) is 0 Å². The number of carbonyl (C=O) groups excluding carboxylic acids is 2. The van der Waals surface area contributed by atoms with Gasteiger partial charge in [-0.15, -0.1) is 0 Å². The number of urea groups is 1. The Labute approximate surface area is 212 Å². The Hall–Kier alpha value is -3.98. The highest BCUT2D eigenvalue weighted by atomic mass is 32.2. The smallest absolute Gasteiger partial charge is 0.338 e. The molecule has 0 bridgehead atoms. The predicted octanol–water partition coefficient (Wildman–Crippen LogP) is 4.84. The molecule has 184 valence electrons. The number of imidazole rings is 1. The summed E-state index contributed by atoms with van der Waals surface area (Å²) >= 11 is 1.47. The number of nitrogens with one attached hydrogen (secondary N) is 2. The standard InChI is InChI=1S/C27H26N4O4S/c1-2-34-25(32)23-20(28-26(33)30-24(23)22-13-8-16-35-22)17-36-27-29-19-11-6-7-12-21(19)31(27)15-14-18-9-4-3-5-10-18/h3-13,16,24H,2,14-15,17H2,1H3,(H2,28,30,33)/t24-/m0/s1. The summed E-state index contributed by atoms with van der Waals surface area (Å²) in [4.78, 5) is 30.3. The van der Waals surface area contributed by atoms with E-state index in [4.69, 9.17) is 14.1 Å². The van der Waals surface area contributed by atoms with Gasteiger partial charge in [-0.05, 0) is 43.2 Å². The van der Waals surface area contributed by atoms with Gasteiger partial charge >= 0.3 is 12.0 Å². The number of aromatic nitrogens is 2. The van der Waals surface area contributed by atoms with Crippen molar-refractivity contribution in [2.45, 2.75) is 31.1 Å². The number of aryl methyl sites for hydroxylation is 2. The van der Waals surface area contributed by atoms with Crippen LogP contribution in [0.1, 0.15) is 24.3 Å². The molecule has 1 aliphatic heterocycles. The van der Waals surface area contributed by atoms with Crippen LogP contribution in [-0.2, 0) is 22.5 Å². The van der Waals surface area contributed by atoms with Crippen molar-refractivity contribution in [1.29, 1.82) is 0 Å². The molecule has 0 spiro atoms. The third-order valence-corrected chi connectivity index (χ3v) is 6.91. The first kappa shape index (κ1) is 23.7. The topological polar surface area (TPSA) is 98.4 Å². The monoisotopic (exact) mass is 502 g/mol. The molecule has 2 amide bonds. The molecular weight excluding hydrogens is 476 g/mol. The number of benzene rings is 2. The molecular formula is C27H26N4O4S. The van der Waals surface area contributed by atoms with E-state index in [1.165, 1.54) is 23.6 Å². The predicted molar refractivity (Wildman–Crippen MR) is 137 cm³/mol. The number of hydrogen-bond donors (Lipinski definition) is 2. The minimum absolute atomic E-state index is 0.219. The van der Waals surface area contributed by atoms with Crippen molar-refractivity contribution >= 4 is 34.8 Å². The van der Waals surface area contributed by atoms with E-state index in [1.807, 2.05) is 36.4 Å². The second-order valence-electron chi connectivity index (χ2n) is 8.22. The van der Waals surface area contributed by atoms with Crippen LogP contribution in [0.25, 0.3) is 11.0 Å². The molecule has 8 nitrogen and oxygen atoms in total. The van der Waals surface area contributed by atoms with Gasteiger partial charge in [-0.3, -0.25) is 0 Å². The Balaban J connectivity index is 1.46. The first-order valence-corrected chi connectivity index (χ1v) is 12.8. The van der Waals surface area contributed by atoms with Gasteiger partial charge in [0.15, 0.2) is 5.16 Å². The Kier molecular flexibility index (Phi) is 7.08. The molecule has 0 radical (unpaired) electrons. The second-order valence-corrected chi connectivity index (χ2v) is 9.16. The normalized spacial score (nSPS) is 15.6. The first-order chi connectivity index (χ1) is 17.6. The van der Waals surface area contributed by atoms with Crippen molar-refractivity contribution in [3.8, 4) is 0 Å². The third-order valence-electron chi connectivity index (χ3n) is 5.91. The average Bonchev–Trinajstić information content (AvgIpc) is 3.55. The molecule has 1 aliphatic rings. The number of furan rings is 1. The van der Waals surface area contributed by atoms with Crippen LogP contribution in [0.5, 0.6) is 0 Å². The minimum atomic E-state index is -0.736. The van der Waals surface area contributed by atoms with Gasteiger partial charge in [0.05, 0.1) is 29.5 Å². The number of ether oxygens (including phenoxy) is 1. The molecule has 0 saturated heterocycles. The van der Waals surface area contributed by atoms with Gasteiger partial charge in [-0.1, -0.05) is 54.2 Å². The summed E-state index contributed by atoms with van der Waals surface area (Å²) in [5.74, 6) is 0.290. The van der Waals surface area contributed by atoms with E-state index in [-0.39, 0.29) is 6.61 Å². The Morgan fingerprint density at radius 2 is 1.92 bits per heavy atom. The van der Waals surface area contributed by atoms with Gasteiger partial charge in [0.2, 0.25) is 0 Å². The van der Waals surface area contributed by atoms with Crippen molar-refractivity contribution in [1.82, 2.24) is 20.2 Å². The highest BCUT2D eigenvalue weighted by Gasteiger charge is 2.35. The Bertz CT molecular complexity index is 1400. The SMILES string of the molecule is CCOC(=O)C1=C(CSc2nc3ccccc3n2CCc2ccccc2)NC(=O)N[C@H]1c1ccco1. The highest BCUT2D eigenvalue weighted by molar-refractivity contribution is 7.99. The van der Waals surface area contributed by atoms with Crippen LogP contribution in [-0.4, -0.2) is 33.9 Å². The zero-order valence-electron chi connectivity index (χ0n) is 19.8. The van der Waals surface area contributed by atoms with Crippen LogP contribution < -0.4 is 10.6 Å². The molecule has 2 aromatic carbocycles. The van der Waals surface area contributed by atoms with E-state index in [0.29, 0.717) is 22.8 Å². The van der Waals surface area contributed by atoms with Crippen LogP contribution in [0.3, 0.4) is 0 Å². The zero-order valence-corrected chi connectivity index (χ0v) is 20.6.